The highest BCUT2D eigenvalue weighted by Gasteiger charge is 2.84. The fourth-order valence-corrected chi connectivity index (χ4v) is 14.4. The number of rotatable bonds is 4. The highest BCUT2D eigenvalue weighted by atomic mass is 16.3. The quantitative estimate of drug-likeness (QED) is 0.179. The van der Waals surface area contributed by atoms with Gasteiger partial charge in [0.2, 0.25) is 0 Å². The zero-order valence-electron chi connectivity index (χ0n) is 33.0. The lowest BCUT2D eigenvalue weighted by Gasteiger charge is -2.76. The Labute approximate surface area is 330 Å². The van der Waals surface area contributed by atoms with Crippen LogP contribution in [0.2, 0.25) is 0 Å². The van der Waals surface area contributed by atoms with Crippen molar-refractivity contribution in [1.82, 2.24) is 0 Å². The highest BCUT2D eigenvalue weighted by molar-refractivity contribution is 6.06. The molecule has 13 rings (SSSR count). The normalized spacial score (nSPS) is 29.1. The van der Waals surface area contributed by atoms with Crippen LogP contribution in [0.4, 0.5) is 17.1 Å². The number of anilines is 3. The Kier molecular flexibility index (Phi) is 5.98. The molecule has 2 bridgehead atoms. The van der Waals surface area contributed by atoms with E-state index in [4.69, 9.17) is 4.42 Å². The topological polar surface area (TPSA) is 16.4 Å². The fourth-order valence-electron chi connectivity index (χ4n) is 14.4. The summed E-state index contributed by atoms with van der Waals surface area (Å²) in [4.78, 5) is 2.48. The molecule has 6 unspecified atom stereocenters. The summed E-state index contributed by atoms with van der Waals surface area (Å²) in [5.74, 6) is 3.52. The van der Waals surface area contributed by atoms with Crippen LogP contribution in [0.5, 0.6) is 0 Å². The molecule has 4 saturated carbocycles. The minimum absolute atomic E-state index is 0.113. The van der Waals surface area contributed by atoms with Gasteiger partial charge in [-0.25, -0.2) is 0 Å². The van der Waals surface area contributed by atoms with Crippen molar-refractivity contribution in [3.05, 3.63) is 150 Å². The van der Waals surface area contributed by atoms with Crippen LogP contribution in [0, 0.1) is 29.1 Å². The molecule has 0 radical (unpaired) electrons. The molecule has 4 fully saturated rings. The Bertz CT molecular complexity index is 2820. The second-order valence-electron chi connectivity index (χ2n) is 20.0. The van der Waals surface area contributed by atoms with E-state index < -0.39 is 0 Å². The molecule has 276 valence electrons. The first-order chi connectivity index (χ1) is 27.2. The maximum absolute atomic E-state index is 6.31. The van der Waals surface area contributed by atoms with E-state index in [-0.39, 0.29) is 16.2 Å². The Hall–Kier alpha value is -5.08. The van der Waals surface area contributed by atoms with E-state index in [1.54, 1.807) is 11.1 Å². The Balaban J connectivity index is 0.970. The van der Waals surface area contributed by atoms with Gasteiger partial charge in [0.15, 0.2) is 0 Å². The molecule has 6 aliphatic rings. The summed E-state index contributed by atoms with van der Waals surface area (Å²) in [5.41, 5.74) is 18.5. The van der Waals surface area contributed by atoms with Crippen LogP contribution in [0.1, 0.15) is 88.5 Å². The summed E-state index contributed by atoms with van der Waals surface area (Å²) in [5, 5.41) is 2.31. The zero-order chi connectivity index (χ0) is 37.3. The Morgan fingerprint density at radius 2 is 1.21 bits per heavy atom. The van der Waals surface area contributed by atoms with E-state index in [1.165, 1.54) is 83.3 Å². The number of nitrogens with zero attached hydrogens (tertiary/aromatic N) is 1. The molecule has 0 amide bonds. The van der Waals surface area contributed by atoms with Crippen molar-refractivity contribution in [2.75, 3.05) is 4.90 Å². The van der Waals surface area contributed by atoms with Crippen molar-refractivity contribution >= 4 is 39.0 Å². The summed E-state index contributed by atoms with van der Waals surface area (Å²) in [6.45, 7) is 9.70. The first-order valence-corrected chi connectivity index (χ1v) is 21.4. The van der Waals surface area contributed by atoms with Crippen molar-refractivity contribution < 1.29 is 4.42 Å². The number of furan rings is 1. The lowest BCUT2D eigenvalue weighted by molar-refractivity contribution is -0.231. The van der Waals surface area contributed by atoms with E-state index in [1.807, 2.05) is 0 Å². The van der Waals surface area contributed by atoms with Crippen LogP contribution in [0.15, 0.2) is 132 Å². The standard InChI is InChI=1S/C54H49NO/c1-51(2)24-25-52(3,4)45-30-37(20-22-44(45)51)55(36-21-23-47-42(29-36)40-11-6-8-15-46(40)56-47)35-18-16-33(17-19-35)38-12-9-13-41-39-10-5-7-14-43(39)54(50(38)41)48-27-32-26-34-28-49(54)53(34,48)31-32/h5-23,29-30,32,34,48-49H,24-28,31H2,1-4H3. The summed E-state index contributed by atoms with van der Waals surface area (Å²) >= 11 is 0. The van der Waals surface area contributed by atoms with E-state index in [9.17, 15) is 0 Å². The Morgan fingerprint density at radius 1 is 0.536 bits per heavy atom. The van der Waals surface area contributed by atoms with Gasteiger partial charge < -0.3 is 9.32 Å². The molecule has 7 aromatic rings. The summed E-state index contributed by atoms with van der Waals surface area (Å²) in [7, 11) is 0. The van der Waals surface area contributed by atoms with Gasteiger partial charge in [-0.05, 0) is 171 Å². The molecule has 6 aromatic carbocycles. The molecule has 1 aromatic heterocycles. The van der Waals surface area contributed by atoms with E-state index in [0.717, 1.165) is 51.3 Å². The molecular weight excluding hydrogens is 679 g/mol. The van der Waals surface area contributed by atoms with Crippen LogP contribution in [-0.4, -0.2) is 0 Å². The fraction of sp³-hybridized carbons (Fsp3) is 0.333. The molecule has 2 spiro atoms. The van der Waals surface area contributed by atoms with Crippen molar-refractivity contribution in [3.8, 4) is 22.3 Å². The lowest BCUT2D eigenvalue weighted by Crippen LogP contribution is -2.73. The van der Waals surface area contributed by atoms with Crippen molar-refractivity contribution in [3.63, 3.8) is 0 Å². The number of para-hydroxylation sites is 1. The second-order valence-corrected chi connectivity index (χ2v) is 20.0. The largest absolute Gasteiger partial charge is 0.456 e. The predicted octanol–water partition coefficient (Wildman–Crippen LogP) is 14.4. The van der Waals surface area contributed by atoms with Gasteiger partial charge in [0.1, 0.15) is 11.2 Å². The van der Waals surface area contributed by atoms with E-state index in [2.05, 4.69) is 160 Å². The minimum Gasteiger partial charge on any atom is -0.456 e. The van der Waals surface area contributed by atoms with E-state index >= 15 is 0 Å². The smallest absolute Gasteiger partial charge is 0.135 e. The highest BCUT2D eigenvalue weighted by Crippen LogP contribution is 2.90. The molecule has 2 nitrogen and oxygen atoms in total. The van der Waals surface area contributed by atoms with Gasteiger partial charge in [-0.15, -0.1) is 0 Å². The first kappa shape index (κ1) is 32.1. The van der Waals surface area contributed by atoms with Gasteiger partial charge in [0, 0.05) is 33.2 Å². The predicted molar refractivity (Wildman–Crippen MR) is 230 cm³/mol. The van der Waals surface area contributed by atoms with Gasteiger partial charge in [0.25, 0.3) is 0 Å². The maximum atomic E-state index is 6.31. The van der Waals surface area contributed by atoms with Crippen LogP contribution < -0.4 is 4.90 Å². The monoisotopic (exact) mass is 727 g/mol. The van der Waals surface area contributed by atoms with Crippen LogP contribution in [0.3, 0.4) is 0 Å². The third-order valence-corrected chi connectivity index (χ3v) is 16.8. The maximum Gasteiger partial charge on any atom is 0.135 e. The molecule has 6 aliphatic carbocycles. The molecule has 56 heavy (non-hydrogen) atoms. The Morgan fingerprint density at radius 3 is 2.07 bits per heavy atom. The average Bonchev–Trinajstić information content (AvgIpc) is 3.95. The molecule has 1 heterocycles. The summed E-state index contributed by atoms with van der Waals surface area (Å²) in [6.07, 6.45) is 8.25. The number of fused-ring (bicyclic) bond motifs is 12. The van der Waals surface area contributed by atoms with Crippen molar-refractivity contribution in [2.45, 2.75) is 82.5 Å². The minimum atomic E-state index is 0.113. The molecule has 2 heteroatoms. The van der Waals surface area contributed by atoms with E-state index in [0.29, 0.717) is 5.41 Å². The third kappa shape index (κ3) is 3.76. The van der Waals surface area contributed by atoms with Gasteiger partial charge in [0.05, 0.1) is 0 Å². The first-order valence-electron chi connectivity index (χ1n) is 21.4. The molecule has 0 saturated heterocycles. The lowest BCUT2D eigenvalue weighted by atomic mass is 9.26. The molecule has 6 atom stereocenters. The van der Waals surface area contributed by atoms with Gasteiger partial charge in [-0.2, -0.15) is 0 Å². The zero-order valence-corrected chi connectivity index (χ0v) is 33.0. The van der Waals surface area contributed by atoms with Crippen LogP contribution in [0.25, 0.3) is 44.2 Å². The molecule has 0 aliphatic heterocycles. The second kappa shape index (κ2) is 10.5. The average molecular weight is 728 g/mol. The van der Waals surface area contributed by atoms with Gasteiger partial charge in [-0.1, -0.05) is 107 Å². The number of hydrogen-bond acceptors (Lipinski definition) is 2. The number of benzene rings is 6. The van der Waals surface area contributed by atoms with Crippen molar-refractivity contribution in [1.29, 1.82) is 0 Å². The van der Waals surface area contributed by atoms with Crippen molar-refractivity contribution in [2.24, 2.45) is 29.1 Å². The number of hydrogen-bond donors (Lipinski definition) is 0. The third-order valence-electron chi connectivity index (χ3n) is 16.8. The van der Waals surface area contributed by atoms with Gasteiger partial charge in [-0.3, -0.25) is 0 Å². The van der Waals surface area contributed by atoms with Crippen LogP contribution >= 0.6 is 0 Å². The SMILES string of the molecule is CC1(C)CCC(C)(C)c2cc(N(c3ccc(-c4cccc5c4C4(c6ccccc6-5)C5CC6CC7CC4C75C6)cc3)c3ccc4oc5ccccc5c4c3)ccc21. The van der Waals surface area contributed by atoms with Gasteiger partial charge >= 0.3 is 0 Å². The van der Waals surface area contributed by atoms with Crippen LogP contribution in [-0.2, 0) is 16.2 Å². The molecular formula is C54H49NO. The molecule has 0 N–H and O–H groups in total. The summed E-state index contributed by atoms with van der Waals surface area (Å²) < 4.78 is 6.31. The summed E-state index contributed by atoms with van der Waals surface area (Å²) in [6, 6.07) is 48.8.